The number of hydrogen-bond donors (Lipinski definition) is 1. The Morgan fingerprint density at radius 3 is 2.10 bits per heavy atom. The number of rotatable bonds is 2. The first-order chi connectivity index (χ1) is 9.79. The third-order valence-electron chi connectivity index (χ3n) is 4.01. The Morgan fingerprint density at radius 1 is 0.800 bits per heavy atom. The summed E-state index contributed by atoms with van der Waals surface area (Å²) in [5, 5.41) is 6.98. The van der Waals surface area contributed by atoms with Crippen molar-refractivity contribution in [2.45, 2.75) is 0 Å². The van der Waals surface area contributed by atoms with Crippen LogP contribution in [0.1, 0.15) is 10.4 Å². The highest BCUT2D eigenvalue weighted by molar-refractivity contribution is 6.26. The molecule has 0 amide bonds. The van der Waals surface area contributed by atoms with Crippen molar-refractivity contribution in [3.8, 4) is 0 Å². The van der Waals surface area contributed by atoms with Gasteiger partial charge in [-0.25, -0.2) is 0 Å². The van der Waals surface area contributed by atoms with Crippen LogP contribution in [0.25, 0.3) is 32.3 Å². The van der Waals surface area contributed by atoms with Crippen LogP contribution < -0.4 is 5.73 Å². The summed E-state index contributed by atoms with van der Waals surface area (Å²) in [5.41, 5.74) is 6.25. The van der Waals surface area contributed by atoms with Crippen molar-refractivity contribution in [2.75, 3.05) is 6.54 Å². The van der Waals surface area contributed by atoms with Gasteiger partial charge in [-0.3, -0.25) is 4.79 Å². The van der Waals surface area contributed by atoms with E-state index in [0.717, 1.165) is 16.3 Å². The Labute approximate surface area is 116 Å². The Bertz CT molecular complexity index is 940. The molecule has 0 heterocycles. The van der Waals surface area contributed by atoms with E-state index in [1.165, 1.54) is 21.5 Å². The summed E-state index contributed by atoms with van der Waals surface area (Å²) in [7, 11) is 0. The quantitative estimate of drug-likeness (QED) is 0.440. The van der Waals surface area contributed by atoms with Crippen LogP contribution in [-0.2, 0) is 0 Å². The summed E-state index contributed by atoms with van der Waals surface area (Å²) in [6, 6.07) is 18.5. The van der Waals surface area contributed by atoms with Gasteiger partial charge in [-0.2, -0.15) is 0 Å². The van der Waals surface area contributed by atoms with Crippen molar-refractivity contribution < 1.29 is 4.79 Å². The zero-order chi connectivity index (χ0) is 13.7. The van der Waals surface area contributed by atoms with Crippen LogP contribution in [0.2, 0.25) is 0 Å². The molecule has 0 bridgehead atoms. The zero-order valence-corrected chi connectivity index (χ0v) is 10.9. The van der Waals surface area contributed by atoms with E-state index in [9.17, 15) is 4.79 Å². The molecule has 20 heavy (non-hydrogen) atoms. The normalized spacial score (nSPS) is 11.7. The second-order valence-electron chi connectivity index (χ2n) is 5.10. The van der Waals surface area contributed by atoms with Crippen molar-refractivity contribution >= 4 is 38.1 Å². The Balaban J connectivity index is 2.29. The smallest absolute Gasteiger partial charge is 0.177 e. The van der Waals surface area contributed by atoms with Crippen LogP contribution in [0.15, 0.2) is 54.6 Å². The van der Waals surface area contributed by atoms with Gasteiger partial charge in [0.2, 0.25) is 0 Å². The van der Waals surface area contributed by atoms with Crippen LogP contribution in [-0.4, -0.2) is 12.3 Å². The Kier molecular flexibility index (Phi) is 2.29. The Morgan fingerprint density at radius 2 is 1.40 bits per heavy atom. The highest BCUT2D eigenvalue weighted by Gasteiger charge is 2.13. The highest BCUT2D eigenvalue weighted by atomic mass is 16.1. The summed E-state index contributed by atoms with van der Waals surface area (Å²) in [6.07, 6.45) is 0. The topological polar surface area (TPSA) is 43.1 Å². The zero-order valence-electron chi connectivity index (χ0n) is 10.9. The fourth-order valence-electron chi connectivity index (χ4n) is 3.09. The molecule has 0 saturated carbocycles. The number of Topliss-reactive ketones (excluding diaryl/α,β-unsaturated/α-hetero) is 1. The second-order valence-corrected chi connectivity index (χ2v) is 5.10. The molecule has 2 N–H and O–H groups in total. The molecule has 2 heteroatoms. The van der Waals surface area contributed by atoms with Gasteiger partial charge in [0.25, 0.3) is 0 Å². The maximum absolute atomic E-state index is 12.0. The third kappa shape index (κ3) is 1.40. The van der Waals surface area contributed by atoms with E-state index in [-0.39, 0.29) is 12.3 Å². The number of ketones is 1. The van der Waals surface area contributed by atoms with E-state index < -0.39 is 0 Å². The average Bonchev–Trinajstić information content (AvgIpc) is 2.51. The van der Waals surface area contributed by atoms with Crippen molar-refractivity contribution in [1.29, 1.82) is 0 Å². The van der Waals surface area contributed by atoms with Gasteiger partial charge in [0, 0.05) is 5.56 Å². The third-order valence-corrected chi connectivity index (χ3v) is 4.01. The molecule has 0 aliphatic rings. The number of nitrogens with two attached hydrogens (primary N) is 1. The molecule has 4 aromatic carbocycles. The average molecular weight is 259 g/mol. The number of carbonyl (C=O) groups is 1. The molecule has 0 saturated heterocycles. The van der Waals surface area contributed by atoms with Crippen LogP contribution in [0.4, 0.5) is 0 Å². The molecule has 0 radical (unpaired) electrons. The van der Waals surface area contributed by atoms with Gasteiger partial charge in [0.15, 0.2) is 5.78 Å². The molecule has 0 aliphatic carbocycles. The lowest BCUT2D eigenvalue weighted by atomic mass is 9.91. The molecule has 0 aromatic heterocycles. The van der Waals surface area contributed by atoms with Crippen molar-refractivity contribution in [2.24, 2.45) is 5.73 Å². The SMILES string of the molecule is NCC(=O)c1ccc2ccc3cccc4ccc1c2c34. The predicted octanol–water partition coefficient (Wildman–Crippen LogP) is 3.73. The summed E-state index contributed by atoms with van der Waals surface area (Å²) < 4.78 is 0. The molecule has 96 valence electrons. The van der Waals surface area contributed by atoms with E-state index >= 15 is 0 Å². The number of hydrogen-bond acceptors (Lipinski definition) is 2. The molecule has 0 spiro atoms. The molecule has 2 nitrogen and oxygen atoms in total. The minimum Gasteiger partial charge on any atom is -0.324 e. The lowest BCUT2D eigenvalue weighted by Crippen LogP contribution is -2.13. The van der Waals surface area contributed by atoms with Gasteiger partial charge in [0.05, 0.1) is 6.54 Å². The fourth-order valence-corrected chi connectivity index (χ4v) is 3.09. The van der Waals surface area contributed by atoms with Crippen molar-refractivity contribution in [3.05, 3.63) is 60.2 Å². The minimum absolute atomic E-state index is 0.0112. The van der Waals surface area contributed by atoms with Crippen molar-refractivity contribution in [1.82, 2.24) is 0 Å². The minimum atomic E-state index is -0.0112. The second kappa shape index (κ2) is 4.02. The lowest BCUT2D eigenvalue weighted by Gasteiger charge is -2.12. The summed E-state index contributed by atoms with van der Waals surface area (Å²) in [5.74, 6) is -0.0112. The van der Waals surface area contributed by atoms with Crippen LogP contribution in [0.3, 0.4) is 0 Å². The molecule has 4 aromatic rings. The monoisotopic (exact) mass is 259 g/mol. The fraction of sp³-hybridized carbons (Fsp3) is 0.0556. The van der Waals surface area contributed by atoms with Gasteiger partial charge in [0.1, 0.15) is 0 Å². The van der Waals surface area contributed by atoms with Gasteiger partial charge < -0.3 is 5.73 Å². The largest absolute Gasteiger partial charge is 0.324 e. The molecule has 0 unspecified atom stereocenters. The molecular formula is C18H13NO. The maximum atomic E-state index is 12.0. The van der Waals surface area contributed by atoms with Gasteiger partial charge >= 0.3 is 0 Å². The first-order valence-electron chi connectivity index (χ1n) is 6.69. The van der Waals surface area contributed by atoms with E-state index in [1.54, 1.807) is 0 Å². The molecule has 0 aliphatic heterocycles. The number of carbonyl (C=O) groups excluding carboxylic acids is 1. The van der Waals surface area contributed by atoms with E-state index in [4.69, 9.17) is 5.73 Å². The summed E-state index contributed by atoms with van der Waals surface area (Å²) in [6.45, 7) is 0.0456. The molecule has 0 fully saturated rings. The van der Waals surface area contributed by atoms with E-state index in [0.29, 0.717) is 0 Å². The predicted molar refractivity (Wildman–Crippen MR) is 83.5 cm³/mol. The van der Waals surface area contributed by atoms with Gasteiger partial charge in [-0.15, -0.1) is 0 Å². The molecular weight excluding hydrogens is 246 g/mol. The molecule has 4 rings (SSSR count). The van der Waals surface area contributed by atoms with E-state index in [2.05, 4.69) is 36.4 Å². The molecule has 0 atom stereocenters. The standard InChI is InChI=1S/C18H13NO/c19-10-16(20)14-8-6-13-5-4-11-2-1-3-12-7-9-15(14)18(13)17(11)12/h1-9H,10,19H2. The van der Waals surface area contributed by atoms with Crippen LogP contribution >= 0.6 is 0 Å². The Hall–Kier alpha value is -2.45. The number of benzene rings is 4. The van der Waals surface area contributed by atoms with Crippen LogP contribution in [0, 0.1) is 0 Å². The summed E-state index contributed by atoms with van der Waals surface area (Å²) in [4.78, 5) is 12.0. The first kappa shape index (κ1) is 11.4. The highest BCUT2D eigenvalue weighted by Crippen LogP contribution is 2.35. The lowest BCUT2D eigenvalue weighted by molar-refractivity contribution is 0.100. The first-order valence-corrected chi connectivity index (χ1v) is 6.69. The van der Waals surface area contributed by atoms with Crippen LogP contribution in [0.5, 0.6) is 0 Å². The van der Waals surface area contributed by atoms with Crippen molar-refractivity contribution in [3.63, 3.8) is 0 Å². The van der Waals surface area contributed by atoms with Gasteiger partial charge in [-0.05, 0) is 32.3 Å². The summed E-state index contributed by atoms with van der Waals surface area (Å²) >= 11 is 0. The maximum Gasteiger partial charge on any atom is 0.177 e. The van der Waals surface area contributed by atoms with E-state index in [1.807, 2.05) is 18.2 Å². The van der Waals surface area contributed by atoms with Gasteiger partial charge in [-0.1, -0.05) is 54.6 Å².